The van der Waals surface area contributed by atoms with Crippen molar-refractivity contribution >= 4 is 12.0 Å². The largest absolute Gasteiger partial charge is 0.480 e. The number of hydrogen-bond donors (Lipinski definition) is 3. The molecule has 2 amide bonds. The Kier molecular flexibility index (Phi) is 4.03. The summed E-state index contributed by atoms with van der Waals surface area (Å²) in [7, 11) is 0. The molecule has 104 valence electrons. The summed E-state index contributed by atoms with van der Waals surface area (Å²) < 4.78 is 5.19. The molecule has 0 radical (unpaired) electrons. The van der Waals surface area contributed by atoms with E-state index < -0.39 is 18.0 Å². The van der Waals surface area contributed by atoms with Crippen LogP contribution in [0.2, 0.25) is 0 Å². The minimum absolute atomic E-state index is 0.134. The molecule has 7 heteroatoms. The lowest BCUT2D eigenvalue weighted by molar-refractivity contribution is -0.139. The molecule has 0 aliphatic heterocycles. The van der Waals surface area contributed by atoms with Crippen LogP contribution in [0.25, 0.3) is 0 Å². The Morgan fingerprint density at radius 3 is 2.84 bits per heavy atom. The molecule has 1 atom stereocenters. The molecule has 0 unspecified atom stereocenters. The van der Waals surface area contributed by atoms with E-state index in [-0.39, 0.29) is 6.54 Å². The fourth-order valence-electron chi connectivity index (χ4n) is 1.76. The molecule has 3 N–H and O–H groups in total. The second-order valence-corrected chi connectivity index (χ2v) is 4.76. The third kappa shape index (κ3) is 4.27. The number of urea groups is 1. The van der Waals surface area contributed by atoms with E-state index in [1.807, 2.05) is 0 Å². The Morgan fingerprint density at radius 2 is 2.32 bits per heavy atom. The summed E-state index contributed by atoms with van der Waals surface area (Å²) in [5.41, 5.74) is 0. The molecule has 0 spiro atoms. The summed E-state index contributed by atoms with van der Waals surface area (Å²) in [4.78, 5) is 26.5. The lowest BCUT2D eigenvalue weighted by atomic mass is 10.1. The van der Waals surface area contributed by atoms with E-state index in [0.29, 0.717) is 24.0 Å². The first kappa shape index (κ1) is 13.4. The zero-order chi connectivity index (χ0) is 13.8. The predicted octanol–water partition coefficient (Wildman–Crippen LogP) is 1.04. The number of carboxylic acids is 1. The maximum absolute atomic E-state index is 11.6. The van der Waals surface area contributed by atoms with Crippen molar-refractivity contribution in [3.63, 3.8) is 0 Å². The predicted molar refractivity (Wildman–Crippen MR) is 65.4 cm³/mol. The smallest absolute Gasteiger partial charge is 0.326 e. The Morgan fingerprint density at radius 1 is 1.58 bits per heavy atom. The van der Waals surface area contributed by atoms with Crippen LogP contribution in [0.1, 0.15) is 30.9 Å². The highest BCUT2D eigenvalue weighted by Gasteiger charge is 2.30. The minimum atomic E-state index is -1.01. The monoisotopic (exact) mass is 267 g/mol. The lowest BCUT2D eigenvalue weighted by Crippen LogP contribution is -2.46. The fourth-order valence-corrected chi connectivity index (χ4v) is 1.76. The van der Waals surface area contributed by atoms with Crippen LogP contribution < -0.4 is 10.6 Å². The summed E-state index contributed by atoms with van der Waals surface area (Å²) in [6.45, 7) is 1.89. The van der Waals surface area contributed by atoms with Gasteiger partial charge in [0.25, 0.3) is 0 Å². The van der Waals surface area contributed by atoms with Gasteiger partial charge in [-0.25, -0.2) is 14.6 Å². The van der Waals surface area contributed by atoms with Crippen molar-refractivity contribution in [1.29, 1.82) is 0 Å². The number of aliphatic carboxylic acids is 1. The van der Waals surface area contributed by atoms with Crippen molar-refractivity contribution in [3.8, 4) is 0 Å². The van der Waals surface area contributed by atoms with Gasteiger partial charge in [-0.15, -0.1) is 0 Å². The minimum Gasteiger partial charge on any atom is -0.480 e. The normalized spacial score (nSPS) is 15.8. The second kappa shape index (κ2) is 5.73. The van der Waals surface area contributed by atoms with Crippen molar-refractivity contribution in [2.45, 2.75) is 38.8 Å². The maximum atomic E-state index is 11.6. The number of carbonyl (C=O) groups excluding carboxylic acids is 1. The zero-order valence-corrected chi connectivity index (χ0v) is 10.7. The topological polar surface area (TPSA) is 104 Å². The van der Waals surface area contributed by atoms with E-state index in [1.165, 1.54) is 0 Å². The molecule has 1 aromatic rings. The molecule has 1 aromatic heterocycles. The Hall–Kier alpha value is -2.05. The van der Waals surface area contributed by atoms with E-state index in [4.69, 9.17) is 9.52 Å². The van der Waals surface area contributed by atoms with Gasteiger partial charge in [0.2, 0.25) is 5.89 Å². The molecule has 1 saturated carbocycles. The van der Waals surface area contributed by atoms with E-state index in [1.54, 1.807) is 13.1 Å². The van der Waals surface area contributed by atoms with Gasteiger partial charge in [0.1, 0.15) is 11.8 Å². The summed E-state index contributed by atoms with van der Waals surface area (Å²) in [6, 6.07) is -1.36. The number of carbonyl (C=O) groups is 2. The summed E-state index contributed by atoms with van der Waals surface area (Å²) in [5, 5.41) is 14.0. The van der Waals surface area contributed by atoms with Crippen LogP contribution in [0.5, 0.6) is 0 Å². The van der Waals surface area contributed by atoms with Gasteiger partial charge in [-0.05, 0) is 19.3 Å². The number of amides is 2. The highest BCUT2D eigenvalue weighted by Crippen LogP contribution is 2.33. The number of aromatic nitrogens is 1. The van der Waals surface area contributed by atoms with Crippen molar-refractivity contribution in [2.24, 2.45) is 5.92 Å². The maximum Gasteiger partial charge on any atom is 0.326 e. The fraction of sp³-hybridized carbons (Fsp3) is 0.583. The van der Waals surface area contributed by atoms with Crippen molar-refractivity contribution < 1.29 is 19.1 Å². The average Bonchev–Trinajstić information content (AvgIpc) is 3.07. The zero-order valence-electron chi connectivity index (χ0n) is 10.7. The van der Waals surface area contributed by atoms with Crippen LogP contribution in [0.15, 0.2) is 10.6 Å². The Labute approximate surface area is 110 Å². The molecule has 7 nitrogen and oxygen atoms in total. The number of hydrogen-bond acceptors (Lipinski definition) is 4. The second-order valence-electron chi connectivity index (χ2n) is 4.76. The molecule has 1 fully saturated rings. The van der Waals surface area contributed by atoms with Gasteiger partial charge in [-0.1, -0.05) is 12.8 Å². The van der Waals surface area contributed by atoms with E-state index in [2.05, 4.69) is 15.6 Å². The Bertz CT molecular complexity index is 467. The molecule has 0 saturated heterocycles. The molecule has 0 bridgehead atoms. The van der Waals surface area contributed by atoms with Gasteiger partial charge in [0.15, 0.2) is 0 Å². The highest BCUT2D eigenvalue weighted by molar-refractivity contribution is 5.82. The Balaban J connectivity index is 1.76. The molecular weight excluding hydrogens is 250 g/mol. The van der Waals surface area contributed by atoms with Gasteiger partial charge in [-0.3, -0.25) is 0 Å². The first-order valence-corrected chi connectivity index (χ1v) is 6.23. The molecular formula is C12H17N3O4. The van der Waals surface area contributed by atoms with Crippen molar-refractivity contribution in [3.05, 3.63) is 17.8 Å². The standard InChI is InChI=1S/C12H17N3O4/c1-7-5-13-10(19-7)6-14-12(18)15-9(11(16)17)4-8-2-3-8/h5,8-9H,2-4,6H2,1H3,(H,16,17)(H2,14,15,18)/t9-/m0/s1. The number of nitrogens with zero attached hydrogens (tertiary/aromatic N) is 1. The summed E-state index contributed by atoms with van der Waals surface area (Å²) in [5.74, 6) is 0.473. The third-order valence-corrected chi connectivity index (χ3v) is 2.94. The first-order chi connectivity index (χ1) is 9.04. The van der Waals surface area contributed by atoms with Crippen LogP contribution in [0.4, 0.5) is 4.79 Å². The highest BCUT2D eigenvalue weighted by atomic mass is 16.4. The van der Waals surface area contributed by atoms with Gasteiger partial charge >= 0.3 is 12.0 Å². The van der Waals surface area contributed by atoms with Crippen molar-refractivity contribution in [1.82, 2.24) is 15.6 Å². The molecule has 0 aromatic carbocycles. The molecule has 1 aliphatic rings. The van der Waals surface area contributed by atoms with Crippen molar-refractivity contribution in [2.75, 3.05) is 0 Å². The SMILES string of the molecule is Cc1cnc(CNC(=O)N[C@@H](CC2CC2)C(=O)O)o1. The van der Waals surface area contributed by atoms with E-state index >= 15 is 0 Å². The van der Waals surface area contributed by atoms with Crippen LogP contribution in [0, 0.1) is 12.8 Å². The number of oxazole rings is 1. The first-order valence-electron chi connectivity index (χ1n) is 6.23. The van der Waals surface area contributed by atoms with Crippen LogP contribution >= 0.6 is 0 Å². The molecule has 1 aliphatic carbocycles. The van der Waals surface area contributed by atoms with E-state index in [0.717, 1.165) is 12.8 Å². The third-order valence-electron chi connectivity index (χ3n) is 2.94. The van der Waals surface area contributed by atoms with Crippen LogP contribution in [-0.4, -0.2) is 28.1 Å². The molecule has 19 heavy (non-hydrogen) atoms. The molecule has 2 rings (SSSR count). The van der Waals surface area contributed by atoms with Gasteiger partial charge in [0, 0.05) is 0 Å². The summed E-state index contributed by atoms with van der Waals surface area (Å²) in [6.07, 6.45) is 4.13. The molecule has 1 heterocycles. The van der Waals surface area contributed by atoms with Gasteiger partial charge in [-0.2, -0.15) is 0 Å². The average molecular weight is 267 g/mol. The summed E-state index contributed by atoms with van der Waals surface area (Å²) >= 11 is 0. The number of rotatable bonds is 6. The van der Waals surface area contributed by atoms with Crippen LogP contribution in [-0.2, 0) is 11.3 Å². The quantitative estimate of drug-likeness (QED) is 0.714. The number of carboxylic acid groups (broad SMARTS) is 1. The number of aryl methyl sites for hydroxylation is 1. The van der Waals surface area contributed by atoms with Gasteiger partial charge in [0.05, 0.1) is 12.7 Å². The van der Waals surface area contributed by atoms with Crippen LogP contribution in [0.3, 0.4) is 0 Å². The number of nitrogens with one attached hydrogen (secondary N) is 2. The van der Waals surface area contributed by atoms with Gasteiger partial charge < -0.3 is 20.2 Å². The van der Waals surface area contributed by atoms with E-state index in [9.17, 15) is 9.59 Å². The lowest BCUT2D eigenvalue weighted by Gasteiger charge is -2.14.